The lowest BCUT2D eigenvalue weighted by Gasteiger charge is -2.18. The Morgan fingerprint density at radius 3 is 2.53 bits per heavy atom. The zero-order chi connectivity index (χ0) is 22.2. The van der Waals surface area contributed by atoms with E-state index >= 15 is 0 Å². The highest BCUT2D eigenvalue weighted by Crippen LogP contribution is 2.33. The fourth-order valence-corrected chi connectivity index (χ4v) is 4.23. The molecule has 0 spiro atoms. The summed E-state index contributed by atoms with van der Waals surface area (Å²) in [4.78, 5) is 28.2. The summed E-state index contributed by atoms with van der Waals surface area (Å²) in [5, 5.41) is 0. The van der Waals surface area contributed by atoms with Gasteiger partial charge in [-0.05, 0) is 22.6 Å². The number of fused-ring (bicyclic) bond motifs is 1. The Balaban J connectivity index is 1.45. The molecule has 160 valence electrons. The van der Waals surface area contributed by atoms with E-state index in [2.05, 4.69) is 60.2 Å². The van der Waals surface area contributed by atoms with E-state index in [0.717, 1.165) is 27.9 Å². The summed E-state index contributed by atoms with van der Waals surface area (Å²) in [5.41, 5.74) is 6.31. The molecule has 6 heteroatoms. The first-order chi connectivity index (χ1) is 15.5. The first-order valence-electron chi connectivity index (χ1n) is 10.8. The van der Waals surface area contributed by atoms with Crippen molar-refractivity contribution in [2.45, 2.75) is 32.7 Å². The predicted octanol–water partition coefficient (Wildman–Crippen LogP) is 4.76. The van der Waals surface area contributed by atoms with Gasteiger partial charge in [-0.1, -0.05) is 62.4 Å². The largest absolute Gasteiger partial charge is 0.334 e. The molecule has 0 atom stereocenters. The molecular weight excluding hydrogens is 398 g/mol. The van der Waals surface area contributed by atoms with Crippen LogP contribution in [-0.4, -0.2) is 25.4 Å². The Hall–Kier alpha value is -3.80. The summed E-state index contributed by atoms with van der Waals surface area (Å²) >= 11 is 0. The maximum absolute atomic E-state index is 12.8. The van der Waals surface area contributed by atoms with Crippen LogP contribution in [0.1, 0.15) is 36.5 Å². The molecule has 0 bridgehead atoms. The zero-order valence-electron chi connectivity index (χ0n) is 18.5. The van der Waals surface area contributed by atoms with Crippen molar-refractivity contribution in [2.24, 2.45) is 7.05 Å². The molecule has 2 aromatic heterocycles. The van der Waals surface area contributed by atoms with Crippen LogP contribution in [-0.2, 0) is 24.8 Å². The number of imidazole rings is 1. The Kier molecular flexibility index (Phi) is 5.05. The SMILES string of the molecule is CC(C)c1ccccc1-c1ncc2c(n1)N(Cc1ccc(-c3cncn3C)cc1)C(=O)C2. The van der Waals surface area contributed by atoms with Gasteiger partial charge in [0.05, 0.1) is 31.2 Å². The smallest absolute Gasteiger partial charge is 0.233 e. The number of anilines is 1. The summed E-state index contributed by atoms with van der Waals surface area (Å²) in [5.74, 6) is 1.80. The average Bonchev–Trinajstić information content (AvgIpc) is 3.36. The predicted molar refractivity (Wildman–Crippen MR) is 125 cm³/mol. The minimum absolute atomic E-state index is 0.0549. The number of benzene rings is 2. The topological polar surface area (TPSA) is 63.9 Å². The van der Waals surface area contributed by atoms with Crippen LogP contribution >= 0.6 is 0 Å². The van der Waals surface area contributed by atoms with Crippen LogP contribution in [0.3, 0.4) is 0 Å². The molecule has 0 unspecified atom stereocenters. The van der Waals surface area contributed by atoms with Crippen LogP contribution in [0.2, 0.25) is 0 Å². The third kappa shape index (κ3) is 3.58. The Morgan fingerprint density at radius 1 is 1.03 bits per heavy atom. The molecular formula is C26H25N5O. The minimum Gasteiger partial charge on any atom is -0.334 e. The molecule has 0 saturated heterocycles. The van der Waals surface area contributed by atoms with Gasteiger partial charge in [0.15, 0.2) is 5.82 Å². The number of amides is 1. The monoisotopic (exact) mass is 423 g/mol. The lowest BCUT2D eigenvalue weighted by Crippen LogP contribution is -2.26. The highest BCUT2D eigenvalue weighted by atomic mass is 16.2. The molecule has 1 aliphatic heterocycles. The van der Waals surface area contributed by atoms with Crippen LogP contribution < -0.4 is 4.90 Å². The first-order valence-corrected chi connectivity index (χ1v) is 10.8. The minimum atomic E-state index is 0.0549. The summed E-state index contributed by atoms with van der Waals surface area (Å²) in [6.45, 7) is 4.81. The Morgan fingerprint density at radius 2 is 1.81 bits per heavy atom. The number of rotatable bonds is 5. The zero-order valence-corrected chi connectivity index (χ0v) is 18.5. The van der Waals surface area contributed by atoms with Gasteiger partial charge >= 0.3 is 0 Å². The normalized spacial score (nSPS) is 13.1. The van der Waals surface area contributed by atoms with E-state index in [4.69, 9.17) is 4.98 Å². The van der Waals surface area contributed by atoms with Gasteiger partial charge in [0, 0.05) is 24.4 Å². The number of hydrogen-bond donors (Lipinski definition) is 0. The van der Waals surface area contributed by atoms with Gasteiger partial charge < -0.3 is 4.57 Å². The average molecular weight is 424 g/mol. The lowest BCUT2D eigenvalue weighted by atomic mass is 9.97. The molecule has 32 heavy (non-hydrogen) atoms. The molecule has 0 fully saturated rings. The quantitative estimate of drug-likeness (QED) is 0.464. The van der Waals surface area contributed by atoms with Crippen molar-refractivity contribution in [1.82, 2.24) is 19.5 Å². The molecule has 0 radical (unpaired) electrons. The van der Waals surface area contributed by atoms with Gasteiger partial charge in [0.1, 0.15) is 5.82 Å². The third-order valence-corrected chi connectivity index (χ3v) is 5.97. The molecule has 5 rings (SSSR count). The molecule has 2 aromatic carbocycles. The van der Waals surface area contributed by atoms with E-state index in [1.54, 1.807) is 17.4 Å². The molecule has 4 aromatic rings. The summed E-state index contributed by atoms with van der Waals surface area (Å²) in [7, 11) is 1.98. The summed E-state index contributed by atoms with van der Waals surface area (Å²) in [6, 6.07) is 16.5. The van der Waals surface area contributed by atoms with Gasteiger partial charge in [-0.15, -0.1) is 0 Å². The Bertz CT molecular complexity index is 1290. The van der Waals surface area contributed by atoms with Crippen molar-refractivity contribution >= 4 is 11.7 Å². The molecule has 3 heterocycles. The maximum Gasteiger partial charge on any atom is 0.233 e. The van der Waals surface area contributed by atoms with Crippen molar-refractivity contribution in [3.8, 4) is 22.6 Å². The van der Waals surface area contributed by atoms with E-state index in [1.807, 2.05) is 29.9 Å². The van der Waals surface area contributed by atoms with E-state index in [1.165, 1.54) is 5.56 Å². The van der Waals surface area contributed by atoms with Crippen LogP contribution in [0.4, 0.5) is 5.82 Å². The molecule has 0 aliphatic carbocycles. The van der Waals surface area contributed by atoms with Crippen molar-refractivity contribution in [2.75, 3.05) is 4.90 Å². The van der Waals surface area contributed by atoms with Crippen LogP contribution in [0.5, 0.6) is 0 Å². The van der Waals surface area contributed by atoms with Gasteiger partial charge in [-0.25, -0.2) is 15.0 Å². The number of nitrogens with zero attached hydrogens (tertiary/aromatic N) is 5. The second-order valence-corrected chi connectivity index (χ2v) is 8.53. The van der Waals surface area contributed by atoms with Gasteiger partial charge in [-0.3, -0.25) is 9.69 Å². The van der Waals surface area contributed by atoms with E-state index in [0.29, 0.717) is 30.5 Å². The second-order valence-electron chi connectivity index (χ2n) is 8.53. The van der Waals surface area contributed by atoms with Gasteiger partial charge in [-0.2, -0.15) is 0 Å². The Labute approximate surface area is 187 Å². The number of carbonyl (C=O) groups is 1. The number of carbonyl (C=O) groups excluding carboxylic acids is 1. The number of hydrogen-bond acceptors (Lipinski definition) is 4. The lowest BCUT2D eigenvalue weighted by molar-refractivity contribution is -0.117. The number of aryl methyl sites for hydroxylation is 1. The van der Waals surface area contributed by atoms with E-state index in [9.17, 15) is 4.79 Å². The van der Waals surface area contributed by atoms with Crippen molar-refractivity contribution in [3.63, 3.8) is 0 Å². The van der Waals surface area contributed by atoms with E-state index in [-0.39, 0.29) is 5.91 Å². The summed E-state index contributed by atoms with van der Waals surface area (Å²) < 4.78 is 1.99. The van der Waals surface area contributed by atoms with Gasteiger partial charge in [0.2, 0.25) is 5.91 Å². The van der Waals surface area contributed by atoms with E-state index < -0.39 is 0 Å². The van der Waals surface area contributed by atoms with Crippen LogP contribution in [0.25, 0.3) is 22.6 Å². The first kappa shape index (κ1) is 20.1. The van der Waals surface area contributed by atoms with Crippen LogP contribution in [0.15, 0.2) is 67.3 Å². The maximum atomic E-state index is 12.8. The molecule has 1 aliphatic rings. The standard InChI is InChI=1S/C26H25N5O/c1-17(2)21-6-4-5-7-22(21)25-28-13-20-12-24(32)31(26(20)29-25)15-18-8-10-19(11-9-18)23-14-27-16-30(23)3/h4-11,13-14,16-17H,12,15H2,1-3H3. The van der Waals surface area contributed by atoms with Crippen molar-refractivity contribution in [3.05, 3.63) is 83.9 Å². The third-order valence-electron chi connectivity index (χ3n) is 5.97. The van der Waals surface area contributed by atoms with Crippen LogP contribution in [0, 0.1) is 0 Å². The highest BCUT2D eigenvalue weighted by Gasteiger charge is 2.30. The van der Waals surface area contributed by atoms with Crippen molar-refractivity contribution < 1.29 is 4.79 Å². The van der Waals surface area contributed by atoms with Crippen molar-refractivity contribution in [1.29, 1.82) is 0 Å². The number of aromatic nitrogens is 4. The molecule has 0 N–H and O–H groups in total. The highest BCUT2D eigenvalue weighted by molar-refractivity contribution is 6.00. The molecule has 6 nitrogen and oxygen atoms in total. The second kappa shape index (κ2) is 8.04. The molecule has 1 amide bonds. The summed E-state index contributed by atoms with van der Waals surface area (Å²) in [6.07, 6.45) is 5.78. The van der Waals surface area contributed by atoms with Gasteiger partial charge in [0.25, 0.3) is 0 Å². The fourth-order valence-electron chi connectivity index (χ4n) is 4.23. The fraction of sp³-hybridized carbons (Fsp3) is 0.231. The molecule has 0 saturated carbocycles.